The molecule has 1 aromatic rings. The number of carbonyl (C=O) groups is 1. The molecule has 1 fully saturated rings. The number of hydrogen-bond donors (Lipinski definition) is 2. The van der Waals surface area contributed by atoms with Crippen molar-refractivity contribution in [2.75, 3.05) is 13.2 Å². The molecule has 1 amide bonds. The van der Waals surface area contributed by atoms with Gasteiger partial charge in [-0.15, -0.1) is 0 Å². The number of rotatable bonds is 6. The highest BCUT2D eigenvalue weighted by Crippen LogP contribution is 2.23. The van der Waals surface area contributed by atoms with Crippen molar-refractivity contribution in [2.24, 2.45) is 5.73 Å². The second-order valence-corrected chi connectivity index (χ2v) is 5.10. The van der Waals surface area contributed by atoms with Crippen LogP contribution in [0.5, 0.6) is 5.75 Å². The van der Waals surface area contributed by atoms with E-state index in [1.807, 2.05) is 0 Å². The molecule has 20 heavy (non-hydrogen) atoms. The van der Waals surface area contributed by atoms with Gasteiger partial charge in [0.1, 0.15) is 0 Å². The molecule has 2 rings (SSSR count). The van der Waals surface area contributed by atoms with Crippen LogP contribution in [0.25, 0.3) is 0 Å². The van der Waals surface area contributed by atoms with E-state index >= 15 is 0 Å². The Labute approximate surface area is 118 Å². The van der Waals surface area contributed by atoms with E-state index in [0.717, 1.165) is 25.7 Å². The predicted octanol–water partition coefficient (Wildman–Crippen LogP) is 1.76. The number of nitrogens with one attached hydrogen (secondary N) is 1. The summed E-state index contributed by atoms with van der Waals surface area (Å²) in [6.45, 7) is 0.253. The van der Waals surface area contributed by atoms with Crippen molar-refractivity contribution in [1.82, 2.24) is 5.32 Å². The molecule has 0 bridgehead atoms. The average Bonchev–Trinajstić information content (AvgIpc) is 2.91. The minimum atomic E-state index is -0.454. The topological polar surface area (TPSA) is 64.3 Å². The summed E-state index contributed by atoms with van der Waals surface area (Å²) in [5.41, 5.74) is 6.18. The van der Waals surface area contributed by atoms with Crippen molar-refractivity contribution in [1.29, 1.82) is 0 Å². The molecule has 0 unspecified atom stereocenters. The summed E-state index contributed by atoms with van der Waals surface area (Å²) in [6, 6.07) is 4.95. The summed E-state index contributed by atoms with van der Waals surface area (Å²) in [7, 11) is 0. The fourth-order valence-electron chi connectivity index (χ4n) is 2.54. The Morgan fingerprint density at radius 2 is 2.15 bits per heavy atom. The smallest absolute Gasteiger partial charge is 0.258 e. The Bertz CT molecular complexity index is 459. The summed E-state index contributed by atoms with van der Waals surface area (Å²) in [5.74, 6) is -0.511. The third-order valence-corrected chi connectivity index (χ3v) is 3.53. The summed E-state index contributed by atoms with van der Waals surface area (Å²) >= 11 is 0. The minimum absolute atomic E-state index is 0.138. The van der Waals surface area contributed by atoms with E-state index in [0.29, 0.717) is 18.5 Å². The summed E-state index contributed by atoms with van der Waals surface area (Å²) in [6.07, 6.45) is 4.87. The largest absolute Gasteiger partial charge is 0.480 e. The number of ether oxygens (including phenoxy) is 1. The van der Waals surface area contributed by atoms with Crippen molar-refractivity contribution >= 4 is 5.91 Å². The van der Waals surface area contributed by atoms with Gasteiger partial charge in [-0.1, -0.05) is 25.0 Å². The van der Waals surface area contributed by atoms with Crippen LogP contribution in [0, 0.1) is 5.82 Å². The maximum Gasteiger partial charge on any atom is 0.258 e. The minimum Gasteiger partial charge on any atom is -0.480 e. The number of para-hydroxylation sites is 1. The van der Waals surface area contributed by atoms with E-state index in [-0.39, 0.29) is 24.3 Å². The van der Waals surface area contributed by atoms with E-state index in [1.165, 1.54) is 6.07 Å². The first kappa shape index (κ1) is 14.8. The molecule has 0 saturated heterocycles. The van der Waals surface area contributed by atoms with Crippen LogP contribution in [0.2, 0.25) is 0 Å². The molecule has 1 aliphatic rings. The van der Waals surface area contributed by atoms with Gasteiger partial charge in [-0.05, 0) is 37.4 Å². The highest BCUT2D eigenvalue weighted by molar-refractivity contribution is 5.77. The zero-order valence-corrected chi connectivity index (χ0v) is 11.5. The lowest BCUT2D eigenvalue weighted by atomic mass is 10.1. The first-order chi connectivity index (χ1) is 9.70. The van der Waals surface area contributed by atoms with Gasteiger partial charge in [-0.25, -0.2) is 4.39 Å². The molecular formula is C15H21FN2O2. The van der Waals surface area contributed by atoms with E-state index in [4.69, 9.17) is 10.5 Å². The van der Waals surface area contributed by atoms with Crippen molar-refractivity contribution in [3.8, 4) is 5.75 Å². The number of amides is 1. The van der Waals surface area contributed by atoms with Gasteiger partial charge in [0.05, 0.1) is 0 Å². The molecule has 0 aliphatic heterocycles. The molecule has 0 atom stereocenters. The quantitative estimate of drug-likeness (QED) is 0.834. The Morgan fingerprint density at radius 1 is 1.40 bits per heavy atom. The molecule has 0 spiro atoms. The monoisotopic (exact) mass is 280 g/mol. The molecule has 0 aromatic heterocycles. The molecule has 0 heterocycles. The Hall–Kier alpha value is -1.62. The van der Waals surface area contributed by atoms with Crippen LogP contribution in [0.4, 0.5) is 4.39 Å². The first-order valence-electron chi connectivity index (χ1n) is 7.10. The van der Waals surface area contributed by atoms with Crippen molar-refractivity contribution < 1.29 is 13.9 Å². The lowest BCUT2D eigenvalue weighted by Gasteiger charge is -2.14. The van der Waals surface area contributed by atoms with Crippen LogP contribution >= 0.6 is 0 Å². The Kier molecular flexibility index (Phi) is 5.35. The standard InChI is InChI=1S/C15H21FN2O2/c16-13-7-3-4-11(8-9-17)15(13)20-10-14(19)18-12-5-1-2-6-12/h3-4,7,12H,1-2,5-6,8-10,17H2,(H,18,19). The summed E-state index contributed by atoms with van der Waals surface area (Å²) in [4.78, 5) is 11.8. The molecule has 4 nitrogen and oxygen atoms in total. The molecule has 1 aliphatic carbocycles. The summed E-state index contributed by atoms with van der Waals surface area (Å²) < 4.78 is 19.1. The van der Waals surface area contributed by atoms with Gasteiger partial charge in [0, 0.05) is 6.04 Å². The van der Waals surface area contributed by atoms with Gasteiger partial charge >= 0.3 is 0 Å². The van der Waals surface area contributed by atoms with Crippen LogP contribution in [0.3, 0.4) is 0 Å². The number of benzene rings is 1. The second kappa shape index (κ2) is 7.24. The van der Waals surface area contributed by atoms with E-state index in [2.05, 4.69) is 5.32 Å². The summed E-state index contributed by atoms with van der Waals surface area (Å²) in [5, 5.41) is 2.91. The molecular weight excluding hydrogens is 259 g/mol. The fourth-order valence-corrected chi connectivity index (χ4v) is 2.54. The molecule has 0 radical (unpaired) electrons. The van der Waals surface area contributed by atoms with Gasteiger partial charge in [0.25, 0.3) is 5.91 Å². The highest BCUT2D eigenvalue weighted by Gasteiger charge is 2.18. The molecule has 3 N–H and O–H groups in total. The molecule has 5 heteroatoms. The van der Waals surface area contributed by atoms with Crippen LogP contribution in [-0.2, 0) is 11.2 Å². The van der Waals surface area contributed by atoms with Crippen LogP contribution in [-0.4, -0.2) is 25.1 Å². The molecule has 1 aromatic carbocycles. The van der Waals surface area contributed by atoms with E-state index < -0.39 is 5.82 Å². The zero-order valence-electron chi connectivity index (χ0n) is 11.5. The number of hydrogen-bond acceptors (Lipinski definition) is 3. The Balaban J connectivity index is 1.90. The average molecular weight is 280 g/mol. The number of carbonyl (C=O) groups excluding carboxylic acids is 1. The van der Waals surface area contributed by atoms with Crippen LogP contribution in [0.1, 0.15) is 31.2 Å². The predicted molar refractivity (Wildman–Crippen MR) is 75.1 cm³/mol. The maximum absolute atomic E-state index is 13.7. The second-order valence-electron chi connectivity index (χ2n) is 5.10. The lowest BCUT2D eigenvalue weighted by Crippen LogP contribution is -2.36. The van der Waals surface area contributed by atoms with Crippen LogP contribution < -0.4 is 15.8 Å². The van der Waals surface area contributed by atoms with Crippen molar-refractivity contribution in [3.05, 3.63) is 29.6 Å². The Morgan fingerprint density at radius 3 is 2.85 bits per heavy atom. The lowest BCUT2D eigenvalue weighted by molar-refractivity contribution is -0.123. The highest BCUT2D eigenvalue weighted by atomic mass is 19.1. The van der Waals surface area contributed by atoms with Crippen molar-refractivity contribution in [2.45, 2.75) is 38.1 Å². The number of nitrogens with two attached hydrogens (primary N) is 1. The van der Waals surface area contributed by atoms with Gasteiger partial charge in [-0.2, -0.15) is 0 Å². The SMILES string of the molecule is NCCc1cccc(F)c1OCC(=O)NC1CCCC1. The third kappa shape index (κ3) is 3.93. The van der Waals surface area contributed by atoms with Crippen LogP contribution in [0.15, 0.2) is 18.2 Å². The van der Waals surface area contributed by atoms with Gasteiger partial charge < -0.3 is 15.8 Å². The van der Waals surface area contributed by atoms with Gasteiger partial charge in [-0.3, -0.25) is 4.79 Å². The molecule has 110 valence electrons. The maximum atomic E-state index is 13.7. The van der Waals surface area contributed by atoms with Gasteiger partial charge in [0.15, 0.2) is 18.2 Å². The fraction of sp³-hybridized carbons (Fsp3) is 0.533. The van der Waals surface area contributed by atoms with Crippen molar-refractivity contribution in [3.63, 3.8) is 0 Å². The first-order valence-corrected chi connectivity index (χ1v) is 7.10. The van der Waals surface area contributed by atoms with E-state index in [9.17, 15) is 9.18 Å². The molecule has 1 saturated carbocycles. The zero-order chi connectivity index (χ0) is 14.4. The number of halogens is 1. The third-order valence-electron chi connectivity index (χ3n) is 3.53. The normalized spacial score (nSPS) is 15.3. The van der Waals surface area contributed by atoms with E-state index in [1.54, 1.807) is 12.1 Å². The van der Waals surface area contributed by atoms with Gasteiger partial charge in [0.2, 0.25) is 0 Å².